The molecule has 0 aromatic heterocycles. The third-order valence-electron chi connectivity index (χ3n) is 0. The molecule has 0 aromatic carbocycles. The van der Waals surface area contributed by atoms with Gasteiger partial charge in [0.1, 0.15) is 0 Å². The smallest absolute Gasteiger partial charge is 0.759 e. The van der Waals surface area contributed by atoms with Crippen LogP contribution in [0.15, 0.2) is 0 Å². The predicted octanol–water partition coefficient (Wildman–Crippen LogP) is -5.98. The first kappa shape index (κ1) is 31.3. The molecular weight excluding hydrogens is 383 g/mol. The van der Waals surface area contributed by atoms with Crippen molar-refractivity contribution in [2.75, 3.05) is 0 Å². The Morgan fingerprint density at radius 3 is 0.706 bits per heavy atom. The van der Waals surface area contributed by atoms with Gasteiger partial charge in [0.05, 0.1) is 0 Å². The van der Waals surface area contributed by atoms with Gasteiger partial charge in [0, 0.05) is 10.4 Å². The van der Waals surface area contributed by atoms with Gasteiger partial charge in [-0.2, -0.15) is 8.42 Å². The van der Waals surface area contributed by atoms with E-state index in [1.807, 2.05) is 0 Å². The van der Waals surface area contributed by atoms with Crippen LogP contribution < -0.4 is 51.4 Å². The fourth-order valence-electron chi connectivity index (χ4n) is 0. The Kier molecular flexibility index (Phi) is 23.5. The molecule has 0 atom stereocenters. The monoisotopic (exact) mass is 386 g/mol. The van der Waals surface area contributed by atoms with E-state index >= 15 is 0 Å². The second-order valence-corrected chi connectivity index (χ2v) is 3.85. The van der Waals surface area contributed by atoms with Gasteiger partial charge in [-0.15, -0.1) is 0 Å². The summed E-state index contributed by atoms with van der Waals surface area (Å²) >= 11 is 0. The molecule has 12 nitrogen and oxygen atoms in total. The van der Waals surface area contributed by atoms with E-state index in [1.54, 1.807) is 0 Å². The minimum Gasteiger partial charge on any atom is -0.759 e. The van der Waals surface area contributed by atoms with Crippen LogP contribution in [0.25, 0.3) is 0 Å². The maximum Gasteiger partial charge on any atom is 2.00 e. The third-order valence-corrected chi connectivity index (χ3v) is 0. The standard InChI is InChI=1S/Fe.K.3H2O4S/c;;3*1-5(2,3)4/h;;3*(H2,1,2,3,4)/q+2;+1;;;/p-3. The van der Waals surface area contributed by atoms with Crippen molar-refractivity contribution < 1.29 is 121 Å². The van der Waals surface area contributed by atoms with Crippen LogP contribution >= 0.6 is 0 Å². The van der Waals surface area contributed by atoms with Crippen molar-refractivity contribution in [1.29, 1.82) is 0 Å². The van der Waals surface area contributed by atoms with E-state index in [1.165, 1.54) is 0 Å². The molecular formula is H3FeKO12S3. The Morgan fingerprint density at radius 2 is 0.706 bits per heavy atom. The van der Waals surface area contributed by atoms with Crippen molar-refractivity contribution in [1.82, 2.24) is 0 Å². The van der Waals surface area contributed by atoms with Crippen LogP contribution in [0.5, 0.6) is 0 Å². The van der Waals surface area contributed by atoms with E-state index in [0.29, 0.717) is 0 Å². The average Bonchev–Trinajstić information content (AvgIpc) is 1.41. The van der Waals surface area contributed by atoms with Gasteiger partial charge in [-0.1, -0.05) is 0 Å². The minimum atomic E-state index is -5.17. The van der Waals surface area contributed by atoms with Crippen molar-refractivity contribution in [2.45, 2.75) is 0 Å². The van der Waals surface area contributed by atoms with Gasteiger partial charge in [0.25, 0.3) is 0 Å². The first-order chi connectivity index (χ1) is 6.00. The molecule has 0 radical (unpaired) electrons. The molecule has 0 bridgehead atoms. The molecule has 0 rings (SSSR count). The van der Waals surface area contributed by atoms with Crippen LogP contribution in [0, 0.1) is 0 Å². The number of hydrogen-bond donors (Lipinski definition) is 3. The van der Waals surface area contributed by atoms with Gasteiger partial charge in [-0.05, 0) is 0 Å². The summed E-state index contributed by atoms with van der Waals surface area (Å²) in [6, 6.07) is 0. The molecule has 0 fully saturated rings. The summed E-state index contributed by atoms with van der Waals surface area (Å²) in [5.74, 6) is 0. The fraction of sp³-hybridized carbons (Fsp3) is 0. The van der Waals surface area contributed by atoms with Gasteiger partial charge in [0.15, 0.2) is 0 Å². The van der Waals surface area contributed by atoms with Crippen LogP contribution in [0.2, 0.25) is 0 Å². The molecule has 3 N–H and O–H groups in total. The van der Waals surface area contributed by atoms with E-state index in [2.05, 4.69) is 0 Å². The summed E-state index contributed by atoms with van der Waals surface area (Å²) in [5.41, 5.74) is 0. The molecule has 0 amide bonds. The molecule has 17 heavy (non-hydrogen) atoms. The minimum absolute atomic E-state index is 0. The molecule has 0 aliphatic carbocycles. The van der Waals surface area contributed by atoms with Crippen LogP contribution in [0.3, 0.4) is 0 Å². The molecule has 102 valence electrons. The van der Waals surface area contributed by atoms with Gasteiger partial charge >= 0.3 is 78.9 Å². The van der Waals surface area contributed by atoms with Crippen LogP contribution in [-0.4, -0.2) is 52.6 Å². The van der Waals surface area contributed by atoms with Crippen molar-refractivity contribution in [2.24, 2.45) is 0 Å². The van der Waals surface area contributed by atoms with E-state index in [0.717, 1.165) is 0 Å². The second-order valence-electron chi connectivity index (χ2n) is 1.28. The molecule has 0 aliphatic heterocycles. The summed E-state index contributed by atoms with van der Waals surface area (Å²) < 4.78 is 98.5. The fourth-order valence-corrected chi connectivity index (χ4v) is 0. The second kappa shape index (κ2) is 12.8. The Morgan fingerprint density at radius 1 is 0.706 bits per heavy atom. The van der Waals surface area contributed by atoms with Crippen molar-refractivity contribution in [3.8, 4) is 0 Å². The van der Waals surface area contributed by atoms with Crippen molar-refractivity contribution in [3.05, 3.63) is 0 Å². The normalized spacial score (nSPS) is 10.2. The number of rotatable bonds is 0. The topological polar surface area (TPSA) is 232 Å². The summed E-state index contributed by atoms with van der Waals surface area (Å²) in [7, 11) is -14.7. The Balaban J connectivity index is -0.0000000400. The zero-order valence-corrected chi connectivity index (χ0v) is 14.3. The zero-order valence-electron chi connectivity index (χ0n) is 7.59. The molecule has 0 aliphatic rings. The van der Waals surface area contributed by atoms with Crippen molar-refractivity contribution in [3.63, 3.8) is 0 Å². The molecule has 0 heterocycles. The molecule has 17 heteroatoms. The first-order valence-electron chi connectivity index (χ1n) is 2.05. The molecule has 0 unspecified atom stereocenters. The summed E-state index contributed by atoms with van der Waals surface area (Å²) in [4.78, 5) is 0. The quantitative estimate of drug-likeness (QED) is 0.200. The maximum atomic E-state index is 8.74. The van der Waals surface area contributed by atoms with E-state index in [-0.39, 0.29) is 68.5 Å². The van der Waals surface area contributed by atoms with Crippen LogP contribution in [-0.2, 0) is 48.3 Å². The van der Waals surface area contributed by atoms with Gasteiger partial charge < -0.3 is 13.7 Å². The Labute approximate surface area is 150 Å². The molecule has 0 saturated carbocycles. The van der Waals surface area contributed by atoms with Crippen molar-refractivity contribution >= 4 is 31.2 Å². The van der Waals surface area contributed by atoms with E-state index in [4.69, 9.17) is 52.6 Å². The van der Waals surface area contributed by atoms with Gasteiger partial charge in [-0.25, -0.2) is 8.42 Å². The predicted molar refractivity (Wildman–Crippen MR) is 37.0 cm³/mol. The van der Waals surface area contributed by atoms with Gasteiger partial charge in [0.2, 0.25) is 10.4 Å². The average molecular weight is 386 g/mol. The van der Waals surface area contributed by atoms with E-state index < -0.39 is 31.2 Å². The molecule has 0 saturated heterocycles. The molecule has 0 spiro atoms. The number of hydrogen-bond acceptors (Lipinski definition) is 9. The largest absolute Gasteiger partial charge is 2.00 e. The SMILES string of the molecule is O=S(=O)(O)O.O=S(=O)([O-])O.O=S(=O)([O-])[O-].[Fe+2].[K+]. The van der Waals surface area contributed by atoms with E-state index in [9.17, 15) is 0 Å². The third kappa shape index (κ3) is 1420. The summed E-state index contributed by atoms with van der Waals surface area (Å²) in [5, 5.41) is 0. The Bertz CT molecular complexity index is 343. The summed E-state index contributed by atoms with van der Waals surface area (Å²) in [6.45, 7) is 0. The maximum absolute atomic E-state index is 8.74. The zero-order chi connectivity index (χ0) is 13.5. The van der Waals surface area contributed by atoms with Gasteiger partial charge in [-0.3, -0.25) is 22.1 Å². The molecule has 0 aromatic rings. The van der Waals surface area contributed by atoms with Crippen LogP contribution in [0.4, 0.5) is 0 Å². The van der Waals surface area contributed by atoms with Crippen LogP contribution in [0.1, 0.15) is 0 Å². The first-order valence-corrected chi connectivity index (χ1v) is 6.14. The summed E-state index contributed by atoms with van der Waals surface area (Å²) in [6.07, 6.45) is 0. The Hall–Kier alpha value is 1.77.